The average Bonchev–Trinajstić information content (AvgIpc) is 3.01. The molecule has 0 amide bonds. The Balaban J connectivity index is 0.000000465. The van der Waals surface area contributed by atoms with Gasteiger partial charge in [0.15, 0.2) is 0 Å². The minimum atomic E-state index is -4.64. The Morgan fingerprint density at radius 3 is 2.30 bits per heavy atom. The topological polar surface area (TPSA) is 144 Å². The molecule has 0 aliphatic heterocycles. The minimum absolute atomic E-state index is 0.206. The van der Waals surface area contributed by atoms with E-state index in [2.05, 4.69) is 22.1 Å². The number of hydrogen-bond acceptors (Lipinski definition) is 4. The van der Waals surface area contributed by atoms with Crippen molar-refractivity contribution in [3.8, 4) is 0 Å². The normalized spacial score (nSPS) is 11.4. The lowest BCUT2D eigenvalue weighted by Gasteiger charge is -1.96. The number of benzene rings is 2. The fourth-order valence-electron chi connectivity index (χ4n) is 2.19. The van der Waals surface area contributed by atoms with E-state index in [1.165, 1.54) is 4.90 Å². The van der Waals surface area contributed by atoms with Crippen molar-refractivity contribution in [2.24, 2.45) is 0 Å². The van der Waals surface area contributed by atoms with Crippen LogP contribution in [0.25, 0.3) is 23.2 Å². The number of carboxylic acids is 1. The van der Waals surface area contributed by atoms with E-state index in [1.54, 1.807) is 23.9 Å². The highest BCUT2D eigenvalue weighted by atomic mass is 32.2. The Bertz CT molecular complexity index is 1000. The van der Waals surface area contributed by atoms with Crippen LogP contribution >= 0.6 is 19.6 Å². The summed E-state index contributed by atoms with van der Waals surface area (Å²) in [6.45, 7) is 0. The van der Waals surface area contributed by atoms with Gasteiger partial charge in [0.2, 0.25) is 0 Å². The number of carboxylic acid groups (broad SMARTS) is 1. The van der Waals surface area contributed by atoms with Gasteiger partial charge in [0.25, 0.3) is 0 Å². The number of thioether (sulfide) groups is 1. The summed E-state index contributed by atoms with van der Waals surface area (Å²) in [6, 6.07) is 13.3. The minimum Gasteiger partial charge on any atom is -0.478 e. The van der Waals surface area contributed by atoms with Gasteiger partial charge in [-0.15, -0.1) is 11.8 Å². The van der Waals surface area contributed by atoms with E-state index in [-0.39, 0.29) is 5.56 Å². The first-order valence-electron chi connectivity index (χ1n) is 7.50. The maximum atomic E-state index is 11.2. The largest absolute Gasteiger partial charge is 0.478 e. The first-order chi connectivity index (χ1) is 12.7. The molecule has 0 saturated carbocycles. The lowest BCUT2D eigenvalue weighted by molar-refractivity contribution is 0.0698. The first kappa shape index (κ1) is 20.9. The van der Waals surface area contributed by atoms with Crippen LogP contribution in [0.4, 0.5) is 0 Å². The highest BCUT2D eigenvalue weighted by Gasteiger charge is 2.11. The molecule has 0 bridgehead atoms. The first-order valence-corrected chi connectivity index (χ1v) is 10.3. The molecule has 0 fully saturated rings. The molecule has 0 saturated heterocycles. The Kier molecular flexibility index (Phi) is 6.95. The van der Waals surface area contributed by atoms with E-state index in [0.29, 0.717) is 11.3 Å². The lowest BCUT2D eigenvalue weighted by atomic mass is 10.2. The zero-order valence-corrected chi connectivity index (χ0v) is 15.8. The maximum absolute atomic E-state index is 11.2. The van der Waals surface area contributed by atoms with E-state index >= 15 is 0 Å². The number of para-hydroxylation sites is 1. The van der Waals surface area contributed by atoms with Gasteiger partial charge in [-0.1, -0.05) is 24.3 Å². The number of fused-ring (bicyclic) bond motifs is 1. The predicted octanol–water partition coefficient (Wildman–Crippen LogP) is 3.22. The number of imidazole rings is 1. The molecule has 0 atom stereocenters. The third-order valence-electron chi connectivity index (χ3n) is 3.31. The second kappa shape index (κ2) is 8.98. The molecule has 0 spiro atoms. The molecule has 1 heterocycles. The van der Waals surface area contributed by atoms with E-state index in [0.717, 1.165) is 11.1 Å². The van der Waals surface area contributed by atoms with Crippen LogP contribution in [-0.2, 0) is 4.57 Å². The second-order valence-corrected chi connectivity index (χ2v) is 7.15. The molecular formula is C17H17N2O6PS. The third kappa shape index (κ3) is 6.67. The van der Waals surface area contributed by atoms with Crippen molar-refractivity contribution in [2.45, 2.75) is 4.90 Å². The fraction of sp³-hybridized carbons (Fsp3) is 0.0588. The number of nitrogens with one attached hydrogen (secondary N) is 1. The molecule has 10 heteroatoms. The summed E-state index contributed by atoms with van der Waals surface area (Å²) in [5.41, 5.74) is 2.47. The second-order valence-electron chi connectivity index (χ2n) is 5.25. The quantitative estimate of drug-likeness (QED) is 0.327. The average molecular weight is 408 g/mol. The molecule has 3 rings (SSSR count). The van der Waals surface area contributed by atoms with Gasteiger partial charge in [0, 0.05) is 4.90 Å². The third-order valence-corrected chi connectivity index (χ3v) is 4.05. The van der Waals surface area contributed by atoms with Gasteiger partial charge in [-0.25, -0.2) is 14.3 Å². The number of nitrogens with zero attached hydrogens (tertiary/aromatic N) is 1. The summed E-state index contributed by atoms with van der Waals surface area (Å²) in [6.07, 6.45) is 5.83. The van der Waals surface area contributed by atoms with E-state index < -0.39 is 13.8 Å². The van der Waals surface area contributed by atoms with Gasteiger partial charge >= 0.3 is 13.8 Å². The SMILES string of the molecule is CSc1ccc(C=Cc2nc3c(C(=O)O)cccc3[nH]2)cc1.O=P(O)(O)O. The van der Waals surface area contributed by atoms with E-state index in [4.69, 9.17) is 19.2 Å². The van der Waals surface area contributed by atoms with Crippen molar-refractivity contribution in [1.82, 2.24) is 9.97 Å². The van der Waals surface area contributed by atoms with Gasteiger partial charge in [0.05, 0.1) is 11.1 Å². The standard InChI is InChI=1S/C17H14N2O2S.H3O4P/c1-22-12-8-5-11(6-9-12)7-10-15-18-14-4-2-3-13(17(20)21)16(14)19-15;1-5(2,3)4/h2-10H,1H3,(H,18,19)(H,20,21);(H3,1,2,3,4). The van der Waals surface area contributed by atoms with Crippen LogP contribution in [0, 0.1) is 0 Å². The van der Waals surface area contributed by atoms with Crippen molar-refractivity contribution in [1.29, 1.82) is 0 Å². The summed E-state index contributed by atoms with van der Waals surface area (Å²) in [5, 5.41) is 9.18. The molecular weight excluding hydrogens is 391 g/mol. The molecule has 1 aromatic heterocycles. The molecule has 3 aromatic rings. The molecule has 2 aromatic carbocycles. The summed E-state index contributed by atoms with van der Waals surface area (Å²) in [7, 11) is -4.64. The van der Waals surface area contributed by atoms with Gasteiger partial charge in [-0.05, 0) is 42.2 Å². The van der Waals surface area contributed by atoms with Crippen molar-refractivity contribution in [3.05, 3.63) is 59.4 Å². The van der Waals surface area contributed by atoms with Crippen molar-refractivity contribution in [2.75, 3.05) is 6.26 Å². The maximum Gasteiger partial charge on any atom is 0.466 e. The number of phosphoric acid groups is 1. The van der Waals surface area contributed by atoms with Crippen LogP contribution in [0.5, 0.6) is 0 Å². The van der Waals surface area contributed by atoms with Crippen molar-refractivity contribution < 1.29 is 29.1 Å². The number of carbonyl (C=O) groups is 1. The predicted molar refractivity (Wildman–Crippen MR) is 104 cm³/mol. The Labute approximate surface area is 158 Å². The van der Waals surface area contributed by atoms with Crippen molar-refractivity contribution >= 4 is 48.7 Å². The number of aromatic carboxylic acids is 1. The molecule has 0 unspecified atom stereocenters. The summed E-state index contributed by atoms with van der Waals surface area (Å²) in [4.78, 5) is 41.4. The molecule has 0 aliphatic rings. The Morgan fingerprint density at radius 2 is 1.74 bits per heavy atom. The van der Waals surface area contributed by atoms with Gasteiger partial charge in [0.1, 0.15) is 11.3 Å². The zero-order chi connectivity index (χ0) is 20.0. The van der Waals surface area contributed by atoms with Gasteiger partial charge < -0.3 is 24.8 Å². The number of rotatable bonds is 4. The molecule has 5 N–H and O–H groups in total. The van der Waals surface area contributed by atoms with Crippen LogP contribution in [0.2, 0.25) is 0 Å². The molecule has 8 nitrogen and oxygen atoms in total. The molecule has 0 radical (unpaired) electrons. The highest BCUT2D eigenvalue weighted by Crippen LogP contribution is 2.25. The summed E-state index contributed by atoms with van der Waals surface area (Å²) in [5.74, 6) is -0.335. The van der Waals surface area contributed by atoms with Crippen LogP contribution in [-0.4, -0.2) is 42.0 Å². The monoisotopic (exact) mass is 408 g/mol. The van der Waals surface area contributed by atoms with Crippen molar-refractivity contribution in [3.63, 3.8) is 0 Å². The van der Waals surface area contributed by atoms with Crippen LogP contribution in [0.3, 0.4) is 0 Å². The van der Waals surface area contributed by atoms with Crippen LogP contribution < -0.4 is 0 Å². The molecule has 27 heavy (non-hydrogen) atoms. The molecule has 142 valence electrons. The van der Waals surface area contributed by atoms with Gasteiger partial charge in [-0.3, -0.25) is 0 Å². The molecule has 0 aliphatic carbocycles. The van der Waals surface area contributed by atoms with E-state index in [9.17, 15) is 9.90 Å². The number of aromatic nitrogens is 2. The summed E-state index contributed by atoms with van der Waals surface area (Å²) >= 11 is 1.70. The fourth-order valence-corrected chi connectivity index (χ4v) is 2.60. The Morgan fingerprint density at radius 1 is 1.11 bits per heavy atom. The number of aromatic amines is 1. The lowest BCUT2D eigenvalue weighted by Crippen LogP contribution is -1.96. The Hall–Kier alpha value is -2.42. The van der Waals surface area contributed by atoms with Crippen LogP contribution in [0.15, 0.2) is 47.4 Å². The summed E-state index contributed by atoms with van der Waals surface area (Å²) < 4.78 is 8.88. The smallest absolute Gasteiger partial charge is 0.466 e. The number of H-pyrrole nitrogens is 1. The number of hydrogen-bond donors (Lipinski definition) is 5. The zero-order valence-electron chi connectivity index (χ0n) is 14.1. The van der Waals surface area contributed by atoms with Crippen LogP contribution in [0.1, 0.15) is 21.7 Å². The highest BCUT2D eigenvalue weighted by molar-refractivity contribution is 7.98. The van der Waals surface area contributed by atoms with E-state index in [1.807, 2.05) is 36.6 Å². The van der Waals surface area contributed by atoms with Gasteiger partial charge in [-0.2, -0.15) is 0 Å².